The zero-order valence-electron chi connectivity index (χ0n) is 14.7. The average molecular weight is 379 g/mol. The third kappa shape index (κ3) is 5.15. The summed E-state index contributed by atoms with van der Waals surface area (Å²) in [7, 11) is 0. The molecule has 9 heteroatoms. The number of rotatable bonds is 5. The van der Waals surface area contributed by atoms with Gasteiger partial charge in [-0.15, -0.1) is 0 Å². The molecule has 1 N–H and O–H groups in total. The summed E-state index contributed by atoms with van der Waals surface area (Å²) >= 11 is 0. The number of carbonyl (C=O) groups excluding carboxylic acids is 1. The van der Waals surface area contributed by atoms with Gasteiger partial charge in [0.05, 0.1) is 0 Å². The van der Waals surface area contributed by atoms with Crippen molar-refractivity contribution in [1.82, 2.24) is 19.9 Å². The van der Waals surface area contributed by atoms with Gasteiger partial charge in [0.2, 0.25) is 5.91 Å². The van der Waals surface area contributed by atoms with Gasteiger partial charge >= 0.3 is 6.18 Å². The Morgan fingerprint density at radius 3 is 2.48 bits per heavy atom. The fourth-order valence-corrected chi connectivity index (χ4v) is 2.91. The zero-order valence-corrected chi connectivity index (χ0v) is 14.7. The predicted molar refractivity (Wildman–Crippen MR) is 93.8 cm³/mol. The minimum Gasteiger partial charge on any atom is -0.369 e. The van der Waals surface area contributed by atoms with E-state index in [0.29, 0.717) is 5.56 Å². The van der Waals surface area contributed by atoms with Crippen LogP contribution in [0, 0.1) is 0 Å². The number of alkyl halides is 3. The molecule has 1 amide bonds. The molecule has 1 saturated heterocycles. The molecule has 0 aromatic carbocycles. The van der Waals surface area contributed by atoms with Gasteiger partial charge in [-0.25, -0.2) is 9.97 Å². The number of halogens is 3. The van der Waals surface area contributed by atoms with Crippen LogP contribution in [0.2, 0.25) is 0 Å². The van der Waals surface area contributed by atoms with Crippen molar-refractivity contribution < 1.29 is 18.0 Å². The molecule has 0 aliphatic carbocycles. The van der Waals surface area contributed by atoms with Crippen molar-refractivity contribution in [2.45, 2.75) is 31.9 Å². The van der Waals surface area contributed by atoms with Crippen LogP contribution < -0.4 is 5.32 Å². The maximum atomic E-state index is 13.2. The van der Waals surface area contributed by atoms with Crippen molar-refractivity contribution in [3.8, 4) is 11.4 Å². The highest BCUT2D eigenvalue weighted by Gasteiger charge is 2.33. The lowest BCUT2D eigenvalue weighted by Crippen LogP contribution is -2.36. The number of carbonyl (C=O) groups is 1. The number of likely N-dealkylation sites (tertiary alicyclic amines) is 1. The van der Waals surface area contributed by atoms with E-state index in [-0.39, 0.29) is 30.5 Å². The molecule has 0 radical (unpaired) electrons. The van der Waals surface area contributed by atoms with Gasteiger partial charge in [0.1, 0.15) is 5.82 Å². The van der Waals surface area contributed by atoms with Crippen molar-refractivity contribution >= 4 is 11.7 Å². The molecule has 1 fully saturated rings. The summed E-state index contributed by atoms with van der Waals surface area (Å²) in [6.07, 6.45) is 1.65. The number of nitrogens with zero attached hydrogens (tertiary/aromatic N) is 4. The van der Waals surface area contributed by atoms with Gasteiger partial charge in [0.15, 0.2) is 11.5 Å². The molecule has 1 aliphatic rings. The van der Waals surface area contributed by atoms with Crippen molar-refractivity contribution in [3.63, 3.8) is 0 Å². The highest BCUT2D eigenvalue weighted by Crippen LogP contribution is 2.30. The number of aromatic nitrogens is 3. The van der Waals surface area contributed by atoms with Crippen molar-refractivity contribution in [3.05, 3.63) is 36.3 Å². The van der Waals surface area contributed by atoms with E-state index in [0.717, 1.165) is 38.4 Å². The monoisotopic (exact) mass is 379 g/mol. The first-order valence-electron chi connectivity index (χ1n) is 8.82. The van der Waals surface area contributed by atoms with Gasteiger partial charge in [-0.3, -0.25) is 9.78 Å². The van der Waals surface area contributed by atoms with Gasteiger partial charge in [0.25, 0.3) is 0 Å². The van der Waals surface area contributed by atoms with Crippen molar-refractivity contribution in [1.29, 1.82) is 0 Å². The van der Waals surface area contributed by atoms with E-state index >= 15 is 0 Å². The predicted octanol–water partition coefficient (Wildman–Crippen LogP) is 3.37. The first kappa shape index (κ1) is 19.1. The Hall–Kier alpha value is -2.71. The van der Waals surface area contributed by atoms with Crippen molar-refractivity contribution in [2.24, 2.45) is 0 Å². The zero-order chi connectivity index (χ0) is 19.3. The van der Waals surface area contributed by atoms with E-state index in [4.69, 9.17) is 0 Å². The van der Waals surface area contributed by atoms with Crippen LogP contribution in [0.15, 0.2) is 30.6 Å². The lowest BCUT2D eigenvalue weighted by atomic mass is 10.1. The molecule has 1 aliphatic heterocycles. The minimum absolute atomic E-state index is 0.00154. The number of piperidine rings is 1. The van der Waals surface area contributed by atoms with Gasteiger partial charge in [-0.05, 0) is 31.4 Å². The van der Waals surface area contributed by atoms with Gasteiger partial charge in [-0.1, -0.05) is 0 Å². The molecule has 27 heavy (non-hydrogen) atoms. The second-order valence-electron chi connectivity index (χ2n) is 6.31. The molecule has 3 rings (SSSR count). The van der Waals surface area contributed by atoms with Crippen LogP contribution >= 0.6 is 0 Å². The summed E-state index contributed by atoms with van der Waals surface area (Å²) < 4.78 is 39.5. The van der Waals surface area contributed by atoms with Crippen LogP contribution in [-0.2, 0) is 11.0 Å². The summed E-state index contributed by atoms with van der Waals surface area (Å²) in [6.45, 7) is 1.70. The second kappa shape index (κ2) is 8.32. The van der Waals surface area contributed by atoms with Crippen LogP contribution in [0.3, 0.4) is 0 Å². The number of pyridine rings is 1. The van der Waals surface area contributed by atoms with Crippen LogP contribution in [0.4, 0.5) is 19.0 Å². The molecule has 0 saturated carbocycles. The first-order valence-corrected chi connectivity index (χ1v) is 8.82. The smallest absolute Gasteiger partial charge is 0.369 e. The summed E-state index contributed by atoms with van der Waals surface area (Å²) in [6, 6.07) is 3.94. The number of hydrogen-bond donors (Lipinski definition) is 1. The Morgan fingerprint density at radius 1 is 1.11 bits per heavy atom. The third-order valence-electron chi connectivity index (χ3n) is 4.31. The van der Waals surface area contributed by atoms with Crippen LogP contribution in [0.5, 0.6) is 0 Å². The standard InChI is InChI=1S/C18H20F3N5O/c19-18(20,21)14-12-15(25-17(24-14)13-4-7-22-8-5-13)23-9-6-16(27)26-10-2-1-3-11-26/h4-5,7-8,12H,1-3,6,9-11H2,(H,23,24,25). The van der Waals surface area contributed by atoms with Gasteiger partial charge in [-0.2, -0.15) is 13.2 Å². The fourth-order valence-electron chi connectivity index (χ4n) is 2.91. The molecular formula is C18H20F3N5O. The minimum atomic E-state index is -4.59. The van der Waals surface area contributed by atoms with Crippen LogP contribution in [0.25, 0.3) is 11.4 Å². The van der Waals surface area contributed by atoms with Gasteiger partial charge < -0.3 is 10.2 Å². The van der Waals surface area contributed by atoms with Crippen LogP contribution in [0.1, 0.15) is 31.4 Å². The topological polar surface area (TPSA) is 71.0 Å². The lowest BCUT2D eigenvalue weighted by molar-refractivity contribution is -0.141. The molecule has 3 heterocycles. The van der Waals surface area contributed by atoms with Crippen molar-refractivity contribution in [2.75, 3.05) is 25.0 Å². The summed E-state index contributed by atoms with van der Waals surface area (Å²) in [5.41, 5.74) is -0.599. The van der Waals surface area contributed by atoms with E-state index in [1.165, 1.54) is 12.4 Å². The number of nitrogens with one attached hydrogen (secondary N) is 1. The molecule has 6 nitrogen and oxygen atoms in total. The third-order valence-corrected chi connectivity index (χ3v) is 4.31. The van der Waals surface area contributed by atoms with Gasteiger partial charge in [0, 0.05) is 50.1 Å². The molecular weight excluding hydrogens is 359 g/mol. The fraction of sp³-hybridized carbons (Fsp3) is 0.444. The summed E-state index contributed by atoms with van der Waals surface area (Å²) in [4.78, 5) is 25.6. The normalized spacial score (nSPS) is 14.9. The SMILES string of the molecule is O=C(CCNc1cc(C(F)(F)F)nc(-c2ccncc2)n1)N1CCCCC1. The quantitative estimate of drug-likeness (QED) is 0.863. The number of anilines is 1. The molecule has 2 aromatic heterocycles. The number of hydrogen-bond acceptors (Lipinski definition) is 5. The Bertz CT molecular complexity index is 776. The maximum absolute atomic E-state index is 13.2. The molecule has 144 valence electrons. The summed E-state index contributed by atoms with van der Waals surface area (Å²) in [5.74, 6) is -0.00526. The second-order valence-corrected chi connectivity index (χ2v) is 6.31. The highest BCUT2D eigenvalue weighted by atomic mass is 19.4. The maximum Gasteiger partial charge on any atom is 0.433 e. The number of amides is 1. The Balaban J connectivity index is 1.71. The van der Waals surface area contributed by atoms with E-state index < -0.39 is 11.9 Å². The summed E-state index contributed by atoms with van der Waals surface area (Å²) in [5, 5.41) is 2.82. The Labute approximate surface area is 154 Å². The van der Waals surface area contributed by atoms with E-state index in [9.17, 15) is 18.0 Å². The first-order chi connectivity index (χ1) is 12.9. The van der Waals surface area contributed by atoms with E-state index in [1.54, 1.807) is 17.0 Å². The molecule has 2 aromatic rings. The molecule has 0 atom stereocenters. The van der Waals surface area contributed by atoms with E-state index in [1.807, 2.05) is 0 Å². The molecule has 0 unspecified atom stereocenters. The molecule has 0 bridgehead atoms. The Kier molecular flexibility index (Phi) is 5.88. The van der Waals surface area contributed by atoms with Crippen LogP contribution in [-0.4, -0.2) is 45.4 Å². The largest absolute Gasteiger partial charge is 0.433 e. The lowest BCUT2D eigenvalue weighted by Gasteiger charge is -2.26. The van der Waals surface area contributed by atoms with E-state index in [2.05, 4.69) is 20.3 Å². The molecule has 0 spiro atoms. The highest BCUT2D eigenvalue weighted by molar-refractivity contribution is 5.76. The average Bonchev–Trinajstić information content (AvgIpc) is 2.68. The Morgan fingerprint density at radius 2 is 1.81 bits per heavy atom.